The number of rotatable bonds is 2. The summed E-state index contributed by atoms with van der Waals surface area (Å²) in [6, 6.07) is 8.71. The SMILES string of the molecule is CCc1c(C(=O)O)sc2c1CCc1ccccc1C2=C1CCN(C)CC1. The molecule has 136 valence electrons. The molecule has 0 unspecified atom stereocenters. The molecule has 1 aliphatic carbocycles. The standard InChI is InChI=1S/C22H25NO2S/c1-3-16-18-9-8-14-6-4-5-7-17(14)19(15-10-12-23(2)13-11-15)20(18)26-21(16)22(24)25/h4-7H,3,8-13H2,1-2H3,(H,24,25). The molecule has 3 nitrogen and oxygen atoms in total. The molecular weight excluding hydrogens is 342 g/mol. The Balaban J connectivity index is 1.97. The second kappa shape index (κ2) is 7.01. The van der Waals surface area contributed by atoms with E-state index in [9.17, 15) is 9.90 Å². The van der Waals surface area contributed by atoms with E-state index in [1.54, 1.807) is 0 Å². The average Bonchev–Trinajstić information content (AvgIpc) is 2.93. The highest BCUT2D eigenvalue weighted by molar-refractivity contribution is 7.15. The number of aryl methyl sites for hydroxylation is 1. The summed E-state index contributed by atoms with van der Waals surface area (Å²) in [5.74, 6) is -0.777. The van der Waals surface area contributed by atoms with Gasteiger partial charge in [-0.3, -0.25) is 0 Å². The van der Waals surface area contributed by atoms with E-state index in [1.807, 2.05) is 0 Å². The number of hydrogen-bond donors (Lipinski definition) is 1. The fourth-order valence-corrected chi connectivity index (χ4v) is 5.75. The molecule has 4 heteroatoms. The van der Waals surface area contributed by atoms with Gasteiger partial charge >= 0.3 is 5.97 Å². The largest absolute Gasteiger partial charge is 0.477 e. The third kappa shape index (κ3) is 2.91. The highest BCUT2D eigenvalue weighted by Gasteiger charge is 2.29. The van der Waals surface area contributed by atoms with Crippen LogP contribution in [0.4, 0.5) is 0 Å². The average molecular weight is 368 g/mol. The van der Waals surface area contributed by atoms with E-state index >= 15 is 0 Å². The van der Waals surface area contributed by atoms with Crippen LogP contribution in [0.25, 0.3) is 5.57 Å². The van der Waals surface area contributed by atoms with Crippen LogP contribution in [0.15, 0.2) is 29.8 Å². The Labute approximate surface area is 159 Å². The zero-order valence-corrected chi connectivity index (χ0v) is 16.3. The van der Waals surface area contributed by atoms with Crippen molar-refractivity contribution in [2.45, 2.75) is 39.0 Å². The van der Waals surface area contributed by atoms with Gasteiger partial charge in [0.25, 0.3) is 0 Å². The molecule has 2 aromatic rings. The zero-order valence-electron chi connectivity index (χ0n) is 15.5. The fraction of sp³-hybridized carbons (Fsp3) is 0.409. The van der Waals surface area contributed by atoms with E-state index in [-0.39, 0.29) is 0 Å². The Hall–Kier alpha value is -1.91. The Kier molecular flexibility index (Phi) is 4.72. The lowest BCUT2D eigenvalue weighted by Crippen LogP contribution is -2.26. The number of carboxylic acid groups (broad SMARTS) is 1. The van der Waals surface area contributed by atoms with Crippen LogP contribution in [-0.2, 0) is 19.3 Å². The van der Waals surface area contributed by atoms with E-state index in [0.29, 0.717) is 4.88 Å². The van der Waals surface area contributed by atoms with E-state index < -0.39 is 5.97 Å². The summed E-state index contributed by atoms with van der Waals surface area (Å²) in [6.45, 7) is 4.23. The molecule has 0 saturated carbocycles. The van der Waals surface area contributed by atoms with Gasteiger partial charge in [0.2, 0.25) is 0 Å². The number of carboxylic acids is 1. The lowest BCUT2D eigenvalue weighted by molar-refractivity contribution is 0.0701. The summed E-state index contributed by atoms with van der Waals surface area (Å²) in [6.07, 6.45) is 4.86. The topological polar surface area (TPSA) is 40.5 Å². The lowest BCUT2D eigenvalue weighted by atomic mass is 9.89. The van der Waals surface area contributed by atoms with Crippen molar-refractivity contribution in [2.24, 2.45) is 0 Å². The van der Waals surface area contributed by atoms with Crippen molar-refractivity contribution < 1.29 is 9.90 Å². The second-order valence-electron chi connectivity index (χ2n) is 7.32. The maximum absolute atomic E-state index is 11.8. The van der Waals surface area contributed by atoms with E-state index in [2.05, 4.69) is 43.1 Å². The van der Waals surface area contributed by atoms with Crippen LogP contribution in [0.5, 0.6) is 0 Å². The monoisotopic (exact) mass is 367 g/mol. The van der Waals surface area contributed by atoms with Crippen LogP contribution in [0.2, 0.25) is 0 Å². The maximum atomic E-state index is 11.8. The van der Waals surface area contributed by atoms with Crippen molar-refractivity contribution in [1.82, 2.24) is 4.90 Å². The second-order valence-corrected chi connectivity index (χ2v) is 8.34. The van der Waals surface area contributed by atoms with Crippen LogP contribution >= 0.6 is 11.3 Å². The van der Waals surface area contributed by atoms with E-state index in [4.69, 9.17) is 0 Å². The number of thiophene rings is 1. The quantitative estimate of drug-likeness (QED) is 0.841. The number of benzene rings is 1. The van der Waals surface area contributed by atoms with Gasteiger partial charge in [0.05, 0.1) is 0 Å². The number of piperidine rings is 1. The van der Waals surface area contributed by atoms with Crippen LogP contribution in [0.1, 0.15) is 56.6 Å². The Morgan fingerprint density at radius 1 is 1.15 bits per heavy atom. The van der Waals surface area contributed by atoms with Crippen LogP contribution in [0.3, 0.4) is 0 Å². The van der Waals surface area contributed by atoms with Crippen LogP contribution in [0, 0.1) is 0 Å². The van der Waals surface area contributed by atoms with Gasteiger partial charge in [-0.15, -0.1) is 11.3 Å². The van der Waals surface area contributed by atoms with Gasteiger partial charge in [0.15, 0.2) is 0 Å². The summed E-state index contributed by atoms with van der Waals surface area (Å²) >= 11 is 1.50. The fourth-order valence-electron chi connectivity index (χ4n) is 4.37. The molecule has 1 aliphatic heterocycles. The molecular formula is C22H25NO2S. The van der Waals surface area contributed by atoms with Gasteiger partial charge < -0.3 is 10.0 Å². The normalized spacial score (nSPS) is 17.6. The molecule has 4 rings (SSSR count). The van der Waals surface area contributed by atoms with Crippen molar-refractivity contribution in [2.75, 3.05) is 20.1 Å². The lowest BCUT2D eigenvalue weighted by Gasteiger charge is -2.27. The molecule has 1 aromatic heterocycles. The Bertz CT molecular complexity index is 884. The number of carbonyl (C=O) groups is 1. The van der Waals surface area contributed by atoms with Crippen molar-refractivity contribution in [3.8, 4) is 0 Å². The van der Waals surface area contributed by atoms with Crippen molar-refractivity contribution in [3.63, 3.8) is 0 Å². The van der Waals surface area contributed by atoms with Gasteiger partial charge in [0.1, 0.15) is 4.88 Å². The highest BCUT2D eigenvalue weighted by atomic mass is 32.1. The number of hydrogen-bond acceptors (Lipinski definition) is 3. The molecule has 2 aliphatic rings. The Morgan fingerprint density at radius 2 is 1.88 bits per heavy atom. The number of aromatic carboxylic acids is 1. The maximum Gasteiger partial charge on any atom is 0.346 e. The van der Waals surface area contributed by atoms with Gasteiger partial charge in [-0.1, -0.05) is 36.8 Å². The molecule has 2 heterocycles. The molecule has 1 aromatic carbocycles. The van der Waals surface area contributed by atoms with Gasteiger partial charge in [-0.05, 0) is 67.0 Å². The minimum atomic E-state index is -0.777. The van der Waals surface area contributed by atoms with Gasteiger partial charge in [0, 0.05) is 18.0 Å². The predicted octanol–water partition coefficient (Wildman–Crippen LogP) is 4.63. The summed E-state index contributed by atoms with van der Waals surface area (Å²) in [5.41, 5.74) is 7.90. The third-order valence-corrected chi connectivity index (χ3v) is 7.05. The molecule has 1 N–H and O–H groups in total. The van der Waals surface area contributed by atoms with Gasteiger partial charge in [-0.2, -0.15) is 0 Å². The van der Waals surface area contributed by atoms with Crippen LogP contribution in [-0.4, -0.2) is 36.1 Å². The van der Waals surface area contributed by atoms with Crippen LogP contribution < -0.4 is 0 Å². The smallest absolute Gasteiger partial charge is 0.346 e. The summed E-state index contributed by atoms with van der Waals surface area (Å²) in [7, 11) is 2.18. The molecule has 0 spiro atoms. The number of fused-ring (bicyclic) bond motifs is 2. The number of nitrogens with zero attached hydrogens (tertiary/aromatic N) is 1. The molecule has 1 saturated heterocycles. The summed E-state index contributed by atoms with van der Waals surface area (Å²) < 4.78 is 0. The Morgan fingerprint density at radius 3 is 2.58 bits per heavy atom. The summed E-state index contributed by atoms with van der Waals surface area (Å²) in [5, 5.41) is 9.73. The zero-order chi connectivity index (χ0) is 18.3. The third-order valence-electron chi connectivity index (χ3n) is 5.77. The van der Waals surface area contributed by atoms with Crippen molar-refractivity contribution in [3.05, 3.63) is 61.8 Å². The molecule has 26 heavy (non-hydrogen) atoms. The predicted molar refractivity (Wildman–Crippen MR) is 107 cm³/mol. The molecule has 0 bridgehead atoms. The first-order valence-corrected chi connectivity index (χ1v) is 10.3. The first-order chi connectivity index (χ1) is 12.6. The summed E-state index contributed by atoms with van der Waals surface area (Å²) in [4.78, 5) is 16.0. The van der Waals surface area contributed by atoms with E-state index in [0.717, 1.165) is 50.8 Å². The molecule has 0 atom stereocenters. The van der Waals surface area contributed by atoms with Gasteiger partial charge in [-0.25, -0.2) is 4.79 Å². The highest BCUT2D eigenvalue weighted by Crippen LogP contribution is 2.44. The minimum Gasteiger partial charge on any atom is -0.477 e. The first kappa shape index (κ1) is 17.5. The molecule has 1 fully saturated rings. The van der Waals surface area contributed by atoms with Crippen molar-refractivity contribution >= 4 is 22.9 Å². The first-order valence-electron chi connectivity index (χ1n) is 9.47. The molecule has 0 radical (unpaired) electrons. The number of likely N-dealkylation sites (tertiary alicyclic amines) is 1. The molecule has 0 amide bonds. The minimum absolute atomic E-state index is 0.544. The van der Waals surface area contributed by atoms with E-state index in [1.165, 1.54) is 44.1 Å². The van der Waals surface area contributed by atoms with Crippen molar-refractivity contribution in [1.29, 1.82) is 0 Å².